The molecule has 3 nitrogen and oxygen atoms in total. The van der Waals surface area contributed by atoms with Crippen LogP contribution >= 0.6 is 0 Å². The van der Waals surface area contributed by atoms with E-state index in [0.29, 0.717) is 30.6 Å². The number of nitrogens with one attached hydrogen (secondary N) is 1. The summed E-state index contributed by atoms with van der Waals surface area (Å²) < 4.78 is 0. The van der Waals surface area contributed by atoms with E-state index in [-0.39, 0.29) is 0 Å². The van der Waals surface area contributed by atoms with Gasteiger partial charge in [-0.25, -0.2) is 0 Å². The fraction of sp³-hybridized carbons (Fsp3) is 0.929. The summed E-state index contributed by atoms with van der Waals surface area (Å²) in [6.07, 6.45) is 9.19. The van der Waals surface area contributed by atoms with Crippen molar-refractivity contribution >= 4 is 5.91 Å². The van der Waals surface area contributed by atoms with E-state index in [2.05, 4.69) is 24.1 Å². The predicted octanol–water partition coefficient (Wildman–Crippen LogP) is 2.51. The summed E-state index contributed by atoms with van der Waals surface area (Å²) in [4.78, 5) is 14.2. The number of nitrogens with zero attached hydrogens (tertiary/aromatic N) is 1. The van der Waals surface area contributed by atoms with Crippen molar-refractivity contribution in [1.82, 2.24) is 10.2 Å². The lowest BCUT2D eigenvalue weighted by Crippen LogP contribution is -2.47. The van der Waals surface area contributed by atoms with Crippen LogP contribution in [0.25, 0.3) is 0 Å². The predicted molar refractivity (Wildman–Crippen MR) is 69.6 cm³/mol. The van der Waals surface area contributed by atoms with E-state index in [1.807, 2.05) is 0 Å². The zero-order valence-corrected chi connectivity index (χ0v) is 11.2. The molecular formula is C14H26N2O. The van der Waals surface area contributed by atoms with Gasteiger partial charge in [-0.15, -0.1) is 0 Å². The Labute approximate surface area is 105 Å². The molecule has 0 aromatic heterocycles. The van der Waals surface area contributed by atoms with Crippen LogP contribution in [0.1, 0.15) is 58.8 Å². The van der Waals surface area contributed by atoms with E-state index in [1.54, 1.807) is 0 Å². The smallest absolute Gasteiger partial charge is 0.238 e. The van der Waals surface area contributed by atoms with E-state index >= 15 is 0 Å². The monoisotopic (exact) mass is 238 g/mol. The Morgan fingerprint density at radius 1 is 1.41 bits per heavy atom. The highest BCUT2D eigenvalue weighted by molar-refractivity contribution is 5.81. The van der Waals surface area contributed by atoms with Crippen LogP contribution in [0.3, 0.4) is 0 Å². The largest absolute Gasteiger partial charge is 0.323 e. The molecule has 0 bridgehead atoms. The Bertz CT molecular complexity index is 261. The molecular weight excluding hydrogens is 212 g/mol. The van der Waals surface area contributed by atoms with Crippen molar-refractivity contribution in [3.8, 4) is 0 Å². The molecule has 17 heavy (non-hydrogen) atoms. The maximum absolute atomic E-state index is 12.0. The number of hydrogen-bond donors (Lipinski definition) is 1. The topological polar surface area (TPSA) is 32.3 Å². The van der Waals surface area contributed by atoms with E-state index in [9.17, 15) is 4.79 Å². The Morgan fingerprint density at radius 2 is 2.12 bits per heavy atom. The van der Waals surface area contributed by atoms with Crippen molar-refractivity contribution in [2.75, 3.05) is 6.54 Å². The Balaban J connectivity index is 1.97. The first-order valence-corrected chi connectivity index (χ1v) is 7.28. The third kappa shape index (κ3) is 2.82. The standard InChI is InChI=1S/C14H26N2O/c1-3-4-7-11(2)16-13(17)10-15-14(16)12-8-5-6-9-12/h11-12,14-15H,3-10H2,1-2H3. The molecule has 1 amide bonds. The highest BCUT2D eigenvalue weighted by Gasteiger charge is 2.39. The average molecular weight is 238 g/mol. The third-order valence-electron chi connectivity index (χ3n) is 4.35. The van der Waals surface area contributed by atoms with Gasteiger partial charge in [0.25, 0.3) is 0 Å². The molecule has 2 fully saturated rings. The van der Waals surface area contributed by atoms with Gasteiger partial charge in [0.15, 0.2) is 0 Å². The van der Waals surface area contributed by atoms with E-state index < -0.39 is 0 Å². The second-order valence-electron chi connectivity index (χ2n) is 5.66. The van der Waals surface area contributed by atoms with Gasteiger partial charge in [-0.1, -0.05) is 32.6 Å². The lowest BCUT2D eigenvalue weighted by Gasteiger charge is -2.34. The molecule has 0 spiro atoms. The molecule has 1 aliphatic heterocycles. The van der Waals surface area contributed by atoms with Crippen molar-refractivity contribution in [3.05, 3.63) is 0 Å². The molecule has 1 heterocycles. The number of carbonyl (C=O) groups excluding carboxylic acids is 1. The van der Waals surface area contributed by atoms with Crippen LogP contribution < -0.4 is 5.32 Å². The lowest BCUT2D eigenvalue weighted by molar-refractivity contribution is -0.130. The molecule has 0 aromatic rings. The molecule has 1 aliphatic carbocycles. The number of hydrogen-bond acceptors (Lipinski definition) is 2. The SMILES string of the molecule is CCCCC(C)N1C(=O)CNC1C1CCCC1. The summed E-state index contributed by atoms with van der Waals surface area (Å²) in [5.41, 5.74) is 0. The quantitative estimate of drug-likeness (QED) is 0.798. The van der Waals surface area contributed by atoms with Gasteiger partial charge in [0.1, 0.15) is 0 Å². The number of carbonyl (C=O) groups is 1. The van der Waals surface area contributed by atoms with Crippen molar-refractivity contribution in [2.24, 2.45) is 5.92 Å². The minimum Gasteiger partial charge on any atom is -0.323 e. The van der Waals surface area contributed by atoms with Crippen LogP contribution in [0.15, 0.2) is 0 Å². The summed E-state index contributed by atoms with van der Waals surface area (Å²) >= 11 is 0. The molecule has 2 rings (SSSR count). The number of rotatable bonds is 5. The maximum atomic E-state index is 12.0. The number of amides is 1. The van der Waals surface area contributed by atoms with E-state index in [0.717, 1.165) is 6.42 Å². The molecule has 0 radical (unpaired) electrons. The highest BCUT2D eigenvalue weighted by Crippen LogP contribution is 2.32. The van der Waals surface area contributed by atoms with Crippen molar-refractivity contribution in [2.45, 2.75) is 71.0 Å². The van der Waals surface area contributed by atoms with Gasteiger partial charge in [0.05, 0.1) is 12.7 Å². The van der Waals surface area contributed by atoms with Crippen LogP contribution in [0, 0.1) is 5.92 Å². The minimum atomic E-state index is 0.311. The molecule has 1 saturated carbocycles. The highest BCUT2D eigenvalue weighted by atomic mass is 16.2. The van der Waals surface area contributed by atoms with Crippen LogP contribution in [0.2, 0.25) is 0 Å². The fourth-order valence-electron chi connectivity index (χ4n) is 3.36. The van der Waals surface area contributed by atoms with Gasteiger partial charge in [-0.2, -0.15) is 0 Å². The van der Waals surface area contributed by atoms with Gasteiger partial charge in [-0.05, 0) is 32.1 Å². The van der Waals surface area contributed by atoms with Crippen LogP contribution in [0.5, 0.6) is 0 Å². The first kappa shape index (κ1) is 12.9. The van der Waals surface area contributed by atoms with Gasteiger partial charge in [0.2, 0.25) is 5.91 Å². The molecule has 2 unspecified atom stereocenters. The van der Waals surface area contributed by atoms with Gasteiger partial charge >= 0.3 is 0 Å². The summed E-state index contributed by atoms with van der Waals surface area (Å²) in [5, 5.41) is 3.43. The van der Waals surface area contributed by atoms with Crippen molar-refractivity contribution < 1.29 is 4.79 Å². The second-order valence-corrected chi connectivity index (χ2v) is 5.66. The summed E-state index contributed by atoms with van der Waals surface area (Å²) in [6, 6.07) is 0.406. The van der Waals surface area contributed by atoms with Gasteiger partial charge in [0, 0.05) is 6.04 Å². The molecule has 2 aliphatic rings. The summed E-state index contributed by atoms with van der Waals surface area (Å²) in [7, 11) is 0. The lowest BCUT2D eigenvalue weighted by atomic mass is 10.0. The minimum absolute atomic E-state index is 0.311. The van der Waals surface area contributed by atoms with E-state index in [1.165, 1.54) is 38.5 Å². The maximum Gasteiger partial charge on any atom is 0.238 e. The van der Waals surface area contributed by atoms with Gasteiger partial charge < -0.3 is 4.90 Å². The Kier molecular flexibility index (Phi) is 4.43. The molecule has 98 valence electrons. The normalized spacial score (nSPS) is 28.0. The summed E-state index contributed by atoms with van der Waals surface area (Å²) in [6.45, 7) is 4.98. The van der Waals surface area contributed by atoms with Crippen molar-refractivity contribution in [1.29, 1.82) is 0 Å². The fourth-order valence-corrected chi connectivity index (χ4v) is 3.36. The molecule has 3 heteroatoms. The molecule has 0 aromatic carbocycles. The van der Waals surface area contributed by atoms with Crippen LogP contribution in [-0.2, 0) is 4.79 Å². The van der Waals surface area contributed by atoms with Crippen molar-refractivity contribution in [3.63, 3.8) is 0 Å². The average Bonchev–Trinajstić information content (AvgIpc) is 2.94. The first-order chi connectivity index (χ1) is 8.24. The van der Waals surface area contributed by atoms with Crippen LogP contribution in [0.4, 0.5) is 0 Å². The third-order valence-corrected chi connectivity index (χ3v) is 4.35. The van der Waals surface area contributed by atoms with Crippen LogP contribution in [-0.4, -0.2) is 29.6 Å². The zero-order chi connectivity index (χ0) is 12.3. The Morgan fingerprint density at radius 3 is 2.76 bits per heavy atom. The summed E-state index contributed by atoms with van der Waals surface area (Å²) in [5.74, 6) is 1.01. The molecule has 1 N–H and O–H groups in total. The first-order valence-electron chi connectivity index (χ1n) is 7.28. The molecule has 2 atom stereocenters. The van der Waals surface area contributed by atoms with E-state index in [4.69, 9.17) is 0 Å². The molecule has 1 saturated heterocycles. The van der Waals surface area contributed by atoms with Gasteiger partial charge in [-0.3, -0.25) is 10.1 Å². The Hall–Kier alpha value is -0.570. The second kappa shape index (κ2) is 5.85. The number of unbranched alkanes of at least 4 members (excludes halogenated alkanes) is 1. The zero-order valence-electron chi connectivity index (χ0n) is 11.2.